The second-order valence-corrected chi connectivity index (χ2v) is 11.6. The monoisotopic (exact) mass is 599 g/mol. The molecule has 2 amide bonds. The smallest absolute Gasteiger partial charge is 0.264 e. The normalized spacial score (nSPS) is 12.6. The summed E-state index contributed by atoms with van der Waals surface area (Å²) in [5.74, 6) is -0.824. The number of ether oxygens (including phenoxy) is 2. The van der Waals surface area contributed by atoms with Gasteiger partial charge in [0.25, 0.3) is 10.0 Å². The van der Waals surface area contributed by atoms with Gasteiger partial charge in [-0.3, -0.25) is 13.9 Å². The zero-order valence-electron chi connectivity index (χ0n) is 24.5. The number of carbonyl (C=O) groups is 2. The lowest BCUT2D eigenvalue weighted by atomic mass is 10.1. The maximum atomic E-state index is 14.1. The van der Waals surface area contributed by atoms with Crippen molar-refractivity contribution in [3.05, 3.63) is 84.2 Å². The molecule has 0 bridgehead atoms. The summed E-state index contributed by atoms with van der Waals surface area (Å²) in [6.07, 6.45) is 0.975. The lowest BCUT2D eigenvalue weighted by Gasteiger charge is -2.33. The van der Waals surface area contributed by atoms with Gasteiger partial charge < -0.3 is 19.7 Å². The Hall–Kier alpha value is -4.12. The molecule has 0 aliphatic rings. The highest BCUT2D eigenvalue weighted by Crippen LogP contribution is 2.32. The van der Waals surface area contributed by atoms with E-state index in [4.69, 9.17) is 9.47 Å². The SMILES string of the molecule is CC[C@H](C(=O)N[C@@H](C)CC)N(Cc1ccc(F)cc1)C(=O)CN(c1ccccc1)S(=O)(=O)c1ccc(OC)c(OC)c1. The van der Waals surface area contributed by atoms with Crippen molar-refractivity contribution in [2.75, 3.05) is 25.1 Å². The van der Waals surface area contributed by atoms with Crippen molar-refractivity contribution in [3.8, 4) is 11.5 Å². The fourth-order valence-electron chi connectivity index (χ4n) is 4.37. The summed E-state index contributed by atoms with van der Waals surface area (Å²) in [5, 5.41) is 2.92. The van der Waals surface area contributed by atoms with Gasteiger partial charge in [0.15, 0.2) is 11.5 Å². The minimum atomic E-state index is -4.29. The molecule has 3 aromatic carbocycles. The second kappa shape index (κ2) is 14.7. The third kappa shape index (κ3) is 7.79. The van der Waals surface area contributed by atoms with Crippen molar-refractivity contribution in [1.29, 1.82) is 0 Å². The van der Waals surface area contributed by atoms with Crippen LogP contribution >= 0.6 is 0 Å². The standard InChI is InChI=1S/C31H38FN3O6S/c1-6-22(3)33-31(37)27(7-2)34(20-23-13-15-24(32)16-14-23)30(36)21-35(25-11-9-8-10-12-25)42(38,39)26-17-18-28(40-4)29(19-26)41-5/h8-19,22,27H,6-7,20-21H2,1-5H3,(H,33,37)/t22-,27+/m0/s1. The summed E-state index contributed by atoms with van der Waals surface area (Å²) in [7, 11) is -1.45. The van der Waals surface area contributed by atoms with E-state index in [1.807, 2.05) is 13.8 Å². The van der Waals surface area contributed by atoms with Gasteiger partial charge in [-0.2, -0.15) is 0 Å². The minimum absolute atomic E-state index is 0.0232. The summed E-state index contributed by atoms with van der Waals surface area (Å²) in [4.78, 5) is 28.6. The first-order valence-corrected chi connectivity index (χ1v) is 15.1. The van der Waals surface area contributed by atoms with Crippen LogP contribution < -0.4 is 19.1 Å². The number of para-hydroxylation sites is 1. The van der Waals surface area contributed by atoms with Gasteiger partial charge >= 0.3 is 0 Å². The number of benzene rings is 3. The number of hydrogen-bond acceptors (Lipinski definition) is 6. The molecular formula is C31H38FN3O6S. The Kier molecular flexibility index (Phi) is 11.3. The maximum Gasteiger partial charge on any atom is 0.264 e. The molecule has 226 valence electrons. The van der Waals surface area contributed by atoms with E-state index in [2.05, 4.69) is 5.32 Å². The van der Waals surface area contributed by atoms with Crippen LogP contribution in [-0.4, -0.2) is 58.0 Å². The van der Waals surface area contributed by atoms with Crippen LogP contribution in [0.2, 0.25) is 0 Å². The van der Waals surface area contributed by atoms with Crippen LogP contribution in [0.4, 0.5) is 10.1 Å². The molecule has 42 heavy (non-hydrogen) atoms. The lowest BCUT2D eigenvalue weighted by molar-refractivity contribution is -0.140. The number of carbonyl (C=O) groups excluding carboxylic acids is 2. The summed E-state index contributed by atoms with van der Waals surface area (Å²) in [6, 6.07) is 17.0. The van der Waals surface area contributed by atoms with Crippen molar-refractivity contribution in [2.45, 2.75) is 57.1 Å². The Bertz CT molecular complexity index is 1450. The van der Waals surface area contributed by atoms with Crippen molar-refractivity contribution in [3.63, 3.8) is 0 Å². The Morgan fingerprint density at radius 3 is 2.12 bits per heavy atom. The third-order valence-electron chi connectivity index (χ3n) is 6.92. The van der Waals surface area contributed by atoms with E-state index in [0.717, 1.165) is 4.31 Å². The lowest BCUT2D eigenvalue weighted by Crippen LogP contribution is -2.53. The number of halogens is 1. The molecular weight excluding hydrogens is 561 g/mol. The zero-order valence-corrected chi connectivity index (χ0v) is 25.4. The van der Waals surface area contributed by atoms with Crippen LogP contribution in [0.5, 0.6) is 11.5 Å². The van der Waals surface area contributed by atoms with E-state index in [0.29, 0.717) is 17.7 Å². The van der Waals surface area contributed by atoms with Gasteiger partial charge in [-0.05, 0) is 61.7 Å². The van der Waals surface area contributed by atoms with Crippen LogP contribution in [0.1, 0.15) is 39.2 Å². The van der Waals surface area contributed by atoms with Gasteiger partial charge in [0.05, 0.1) is 24.8 Å². The molecule has 0 aliphatic carbocycles. The highest BCUT2D eigenvalue weighted by molar-refractivity contribution is 7.92. The maximum absolute atomic E-state index is 14.1. The van der Waals surface area contributed by atoms with E-state index >= 15 is 0 Å². The number of hydrogen-bond donors (Lipinski definition) is 1. The van der Waals surface area contributed by atoms with Crippen LogP contribution in [-0.2, 0) is 26.2 Å². The average Bonchev–Trinajstić information content (AvgIpc) is 3.00. The van der Waals surface area contributed by atoms with Crippen LogP contribution in [0.3, 0.4) is 0 Å². The van der Waals surface area contributed by atoms with Crippen molar-refractivity contribution in [2.24, 2.45) is 0 Å². The van der Waals surface area contributed by atoms with Crippen molar-refractivity contribution < 1.29 is 31.9 Å². The Morgan fingerprint density at radius 1 is 0.905 bits per heavy atom. The van der Waals surface area contributed by atoms with E-state index < -0.39 is 34.3 Å². The molecule has 9 nitrogen and oxygen atoms in total. The number of rotatable bonds is 14. The first-order chi connectivity index (χ1) is 20.0. The van der Waals surface area contributed by atoms with E-state index in [1.54, 1.807) is 37.3 Å². The molecule has 2 atom stereocenters. The third-order valence-corrected chi connectivity index (χ3v) is 8.69. The fraction of sp³-hybridized carbons (Fsp3) is 0.355. The molecule has 0 saturated heterocycles. The van der Waals surface area contributed by atoms with E-state index in [9.17, 15) is 22.4 Å². The quantitative estimate of drug-likeness (QED) is 0.287. The molecule has 0 saturated carbocycles. The summed E-state index contributed by atoms with van der Waals surface area (Å²) >= 11 is 0. The molecule has 0 radical (unpaired) electrons. The first kappa shape index (κ1) is 32.4. The number of methoxy groups -OCH3 is 2. The van der Waals surface area contributed by atoms with Crippen molar-refractivity contribution >= 4 is 27.5 Å². The molecule has 3 aromatic rings. The molecule has 0 aromatic heterocycles. The molecule has 0 unspecified atom stereocenters. The molecule has 11 heteroatoms. The average molecular weight is 600 g/mol. The van der Waals surface area contributed by atoms with Gasteiger partial charge in [0, 0.05) is 18.7 Å². The van der Waals surface area contributed by atoms with Gasteiger partial charge in [-0.1, -0.05) is 44.2 Å². The number of nitrogens with one attached hydrogen (secondary N) is 1. The largest absolute Gasteiger partial charge is 0.493 e. The summed E-state index contributed by atoms with van der Waals surface area (Å²) < 4.78 is 53.3. The second-order valence-electron chi connectivity index (χ2n) is 9.75. The predicted molar refractivity (Wildman–Crippen MR) is 159 cm³/mol. The highest BCUT2D eigenvalue weighted by Gasteiger charge is 2.34. The number of amides is 2. The van der Waals surface area contributed by atoms with Gasteiger partial charge in [-0.25, -0.2) is 12.8 Å². The molecule has 3 rings (SSSR count). The van der Waals surface area contributed by atoms with Crippen molar-refractivity contribution in [1.82, 2.24) is 10.2 Å². The Labute approximate surface area is 247 Å². The predicted octanol–water partition coefficient (Wildman–Crippen LogP) is 4.76. The molecule has 0 fully saturated rings. The topological polar surface area (TPSA) is 105 Å². The fourth-order valence-corrected chi connectivity index (χ4v) is 5.80. The molecule has 0 spiro atoms. The first-order valence-electron chi connectivity index (χ1n) is 13.7. The van der Waals surface area contributed by atoms with Crippen LogP contribution in [0.25, 0.3) is 0 Å². The van der Waals surface area contributed by atoms with Crippen LogP contribution in [0, 0.1) is 5.82 Å². The van der Waals surface area contributed by atoms with E-state index in [1.165, 1.54) is 61.6 Å². The highest BCUT2D eigenvalue weighted by atomic mass is 32.2. The number of sulfonamides is 1. The number of anilines is 1. The Balaban J connectivity index is 2.06. The summed E-state index contributed by atoms with van der Waals surface area (Å²) in [6.45, 7) is 4.97. The summed E-state index contributed by atoms with van der Waals surface area (Å²) in [5.41, 5.74) is 0.855. The molecule has 0 heterocycles. The van der Waals surface area contributed by atoms with Crippen LogP contribution in [0.15, 0.2) is 77.7 Å². The van der Waals surface area contributed by atoms with Gasteiger partial charge in [0.1, 0.15) is 18.4 Å². The Morgan fingerprint density at radius 2 is 1.55 bits per heavy atom. The zero-order chi connectivity index (χ0) is 30.9. The number of nitrogens with zero attached hydrogens (tertiary/aromatic N) is 2. The molecule has 0 aliphatic heterocycles. The minimum Gasteiger partial charge on any atom is -0.493 e. The van der Waals surface area contributed by atoms with Gasteiger partial charge in [0.2, 0.25) is 11.8 Å². The van der Waals surface area contributed by atoms with E-state index in [-0.39, 0.29) is 41.2 Å². The molecule has 1 N–H and O–H groups in total. The van der Waals surface area contributed by atoms with Gasteiger partial charge in [-0.15, -0.1) is 0 Å².